The predicted octanol–water partition coefficient (Wildman–Crippen LogP) is 4.79. The van der Waals surface area contributed by atoms with Gasteiger partial charge < -0.3 is 14.7 Å². The fourth-order valence-corrected chi connectivity index (χ4v) is 3.46. The number of nitrogens with two attached hydrogens (primary N) is 1. The third-order valence-corrected chi connectivity index (χ3v) is 5.00. The summed E-state index contributed by atoms with van der Waals surface area (Å²) in [5.41, 5.74) is 5.78. The first-order chi connectivity index (χ1) is 14.6. The van der Waals surface area contributed by atoms with Crippen LogP contribution in [0.15, 0.2) is 41.2 Å². The molecule has 1 amide bonds. The average Bonchev–Trinajstić information content (AvgIpc) is 3.32. The highest BCUT2D eigenvalue weighted by atomic mass is 35.5. The van der Waals surface area contributed by atoms with Crippen LogP contribution >= 0.6 is 23.2 Å². The Balaban J connectivity index is 1.65. The Morgan fingerprint density at radius 2 is 1.90 bits per heavy atom. The lowest BCUT2D eigenvalue weighted by Crippen LogP contribution is -2.11. The summed E-state index contributed by atoms with van der Waals surface area (Å²) in [5, 5.41) is 4.03. The van der Waals surface area contributed by atoms with Crippen LogP contribution in [0.2, 0.25) is 10.0 Å². The van der Waals surface area contributed by atoms with Crippen LogP contribution in [0.5, 0.6) is 0 Å². The van der Waals surface area contributed by atoms with Crippen molar-refractivity contribution in [2.45, 2.75) is 19.0 Å². The van der Waals surface area contributed by atoms with E-state index < -0.39 is 17.6 Å². The number of nitrogens with zero attached hydrogens (tertiary/aromatic N) is 4. The SMILES string of the molecule is NC(=O)CCc1ccc(-c2noc(-c3cn4cc(C(F)(F)F)cc(Cl)c4n3)n2)c(Cl)c1. The Kier molecular flexibility index (Phi) is 5.36. The standard InChI is InChI=1S/C19H12Cl2F3N5O2/c20-12-5-9(2-4-15(25)30)1-3-11(12)16-27-18(31-28-16)14-8-29-7-10(19(22,23)24)6-13(21)17(29)26-14/h1,3,5-8H,2,4H2,(H2,25,30). The van der Waals surface area contributed by atoms with Gasteiger partial charge in [-0.2, -0.15) is 18.2 Å². The summed E-state index contributed by atoms with van der Waals surface area (Å²) in [5.74, 6) is -0.268. The first-order valence-corrected chi connectivity index (χ1v) is 9.54. The molecule has 0 spiro atoms. The van der Waals surface area contributed by atoms with E-state index in [0.717, 1.165) is 22.2 Å². The van der Waals surface area contributed by atoms with Crippen LogP contribution in [0.3, 0.4) is 0 Å². The molecule has 31 heavy (non-hydrogen) atoms. The minimum atomic E-state index is -4.56. The summed E-state index contributed by atoms with van der Waals surface area (Å²) < 4.78 is 45.4. The molecule has 4 aromatic rings. The van der Waals surface area contributed by atoms with Crippen LogP contribution in [-0.2, 0) is 17.4 Å². The molecule has 0 atom stereocenters. The van der Waals surface area contributed by atoms with Gasteiger partial charge in [-0.1, -0.05) is 34.4 Å². The number of hydrogen-bond donors (Lipinski definition) is 1. The fourth-order valence-electron chi connectivity index (χ4n) is 2.91. The van der Waals surface area contributed by atoms with E-state index in [1.54, 1.807) is 18.2 Å². The van der Waals surface area contributed by atoms with Crippen LogP contribution in [-0.4, -0.2) is 25.4 Å². The molecular formula is C19H12Cl2F3N5O2. The van der Waals surface area contributed by atoms with Crippen LogP contribution in [0.1, 0.15) is 17.5 Å². The number of rotatable bonds is 5. The largest absolute Gasteiger partial charge is 0.417 e. The van der Waals surface area contributed by atoms with Crippen LogP contribution in [0, 0.1) is 0 Å². The van der Waals surface area contributed by atoms with Crippen molar-refractivity contribution < 1.29 is 22.5 Å². The third-order valence-electron chi connectivity index (χ3n) is 4.41. The van der Waals surface area contributed by atoms with Gasteiger partial charge in [-0.15, -0.1) is 0 Å². The van der Waals surface area contributed by atoms with Crippen LogP contribution < -0.4 is 5.73 Å². The van der Waals surface area contributed by atoms with Gasteiger partial charge in [0.1, 0.15) is 5.69 Å². The number of primary amides is 1. The molecule has 0 unspecified atom stereocenters. The Morgan fingerprint density at radius 1 is 1.13 bits per heavy atom. The van der Waals surface area contributed by atoms with Gasteiger partial charge in [0.15, 0.2) is 5.65 Å². The number of halogens is 5. The van der Waals surface area contributed by atoms with Gasteiger partial charge in [-0.05, 0) is 30.2 Å². The highest BCUT2D eigenvalue weighted by molar-refractivity contribution is 6.33. The molecule has 0 saturated heterocycles. The minimum Gasteiger partial charge on any atom is -0.370 e. The van der Waals surface area contributed by atoms with E-state index in [4.69, 9.17) is 33.5 Å². The number of benzene rings is 1. The molecule has 0 radical (unpaired) electrons. The summed E-state index contributed by atoms with van der Waals surface area (Å²) in [7, 11) is 0. The van der Waals surface area contributed by atoms with E-state index >= 15 is 0 Å². The second-order valence-corrected chi connectivity index (χ2v) is 7.45. The van der Waals surface area contributed by atoms with Crippen molar-refractivity contribution in [1.29, 1.82) is 0 Å². The zero-order valence-corrected chi connectivity index (χ0v) is 17.0. The van der Waals surface area contributed by atoms with Crippen molar-refractivity contribution in [1.82, 2.24) is 19.5 Å². The molecule has 3 heterocycles. The maximum absolute atomic E-state index is 13.0. The Morgan fingerprint density at radius 3 is 2.58 bits per heavy atom. The maximum Gasteiger partial charge on any atom is 0.417 e. The quantitative estimate of drug-likeness (QED) is 0.452. The molecule has 0 aliphatic heterocycles. The highest BCUT2D eigenvalue weighted by Crippen LogP contribution is 2.34. The Bertz CT molecular complexity index is 1300. The van der Waals surface area contributed by atoms with Gasteiger partial charge in [0, 0.05) is 24.4 Å². The summed E-state index contributed by atoms with van der Waals surface area (Å²) in [6.45, 7) is 0. The number of amides is 1. The molecule has 12 heteroatoms. The molecule has 0 saturated carbocycles. The zero-order chi connectivity index (χ0) is 22.3. The van der Waals surface area contributed by atoms with Crippen molar-refractivity contribution >= 4 is 34.8 Å². The number of pyridine rings is 1. The summed E-state index contributed by atoms with van der Waals surface area (Å²) in [4.78, 5) is 19.3. The van der Waals surface area contributed by atoms with Crippen molar-refractivity contribution in [2.75, 3.05) is 0 Å². The molecule has 7 nitrogen and oxygen atoms in total. The number of aryl methyl sites for hydroxylation is 1. The molecule has 0 aliphatic carbocycles. The lowest BCUT2D eigenvalue weighted by atomic mass is 10.1. The van der Waals surface area contributed by atoms with E-state index in [0.29, 0.717) is 17.0 Å². The normalized spacial score (nSPS) is 11.9. The van der Waals surface area contributed by atoms with E-state index in [2.05, 4.69) is 15.1 Å². The molecule has 0 aliphatic rings. The number of aromatic nitrogens is 4. The molecule has 4 rings (SSSR count). The van der Waals surface area contributed by atoms with Crippen molar-refractivity contribution in [3.8, 4) is 23.0 Å². The Labute approximate surface area is 182 Å². The second-order valence-electron chi connectivity index (χ2n) is 6.64. The molecule has 1 aromatic carbocycles. The van der Waals surface area contributed by atoms with E-state index in [1.807, 2.05) is 0 Å². The van der Waals surface area contributed by atoms with Crippen LogP contribution in [0.25, 0.3) is 28.6 Å². The summed E-state index contributed by atoms with van der Waals surface area (Å²) >= 11 is 12.3. The first-order valence-electron chi connectivity index (χ1n) is 8.78. The number of alkyl halides is 3. The van der Waals surface area contributed by atoms with Crippen molar-refractivity contribution in [3.05, 3.63) is 57.8 Å². The molecule has 2 N–H and O–H groups in total. The summed E-state index contributed by atoms with van der Waals surface area (Å²) in [6, 6.07) is 5.89. The van der Waals surface area contributed by atoms with Gasteiger partial charge in [-0.3, -0.25) is 4.79 Å². The monoisotopic (exact) mass is 469 g/mol. The second kappa shape index (κ2) is 7.86. The van der Waals surface area contributed by atoms with E-state index in [9.17, 15) is 18.0 Å². The van der Waals surface area contributed by atoms with Gasteiger partial charge >= 0.3 is 6.18 Å². The number of carbonyl (C=O) groups is 1. The third kappa shape index (κ3) is 4.35. The number of imidazole rings is 1. The highest BCUT2D eigenvalue weighted by Gasteiger charge is 2.32. The zero-order valence-electron chi connectivity index (χ0n) is 15.5. The number of hydrogen-bond acceptors (Lipinski definition) is 5. The lowest BCUT2D eigenvalue weighted by molar-refractivity contribution is -0.137. The van der Waals surface area contributed by atoms with Crippen molar-refractivity contribution in [3.63, 3.8) is 0 Å². The minimum absolute atomic E-state index is 0.0165. The van der Waals surface area contributed by atoms with Gasteiger partial charge in [0.25, 0.3) is 5.89 Å². The smallest absolute Gasteiger partial charge is 0.370 e. The predicted molar refractivity (Wildman–Crippen MR) is 106 cm³/mol. The maximum atomic E-state index is 13.0. The average molecular weight is 470 g/mol. The molecule has 160 valence electrons. The van der Waals surface area contributed by atoms with E-state index in [1.165, 1.54) is 6.20 Å². The number of fused-ring (bicyclic) bond motifs is 1. The fraction of sp³-hybridized carbons (Fsp3) is 0.158. The van der Waals surface area contributed by atoms with Crippen molar-refractivity contribution in [2.24, 2.45) is 5.73 Å². The lowest BCUT2D eigenvalue weighted by Gasteiger charge is -2.07. The number of carbonyl (C=O) groups excluding carboxylic acids is 1. The Hall–Kier alpha value is -3.11. The van der Waals surface area contributed by atoms with Gasteiger partial charge in [0.05, 0.1) is 15.6 Å². The molecule has 0 bridgehead atoms. The molecule has 0 fully saturated rings. The van der Waals surface area contributed by atoms with Gasteiger partial charge in [-0.25, -0.2) is 4.98 Å². The van der Waals surface area contributed by atoms with Crippen LogP contribution in [0.4, 0.5) is 13.2 Å². The molecule has 3 aromatic heterocycles. The molecular weight excluding hydrogens is 458 g/mol. The first kappa shape index (κ1) is 21.1. The topological polar surface area (TPSA) is 99.3 Å². The summed E-state index contributed by atoms with van der Waals surface area (Å²) in [6.07, 6.45) is -1.75. The van der Waals surface area contributed by atoms with Gasteiger partial charge in [0.2, 0.25) is 11.7 Å². The van der Waals surface area contributed by atoms with E-state index in [-0.39, 0.29) is 34.5 Å².